The molecule has 0 radical (unpaired) electrons. The molecule has 1 aliphatic rings. The second-order valence-corrected chi connectivity index (χ2v) is 5.70. The summed E-state index contributed by atoms with van der Waals surface area (Å²) in [6, 6.07) is 1.55. The average molecular weight is 201 g/mol. The molecule has 0 aromatic carbocycles. The molecule has 1 N–H and O–H groups in total. The Labute approximate surface area is 87.1 Å². The molecule has 13 heavy (non-hydrogen) atoms. The van der Waals surface area contributed by atoms with E-state index in [4.69, 9.17) is 0 Å². The Morgan fingerprint density at radius 2 is 1.92 bits per heavy atom. The van der Waals surface area contributed by atoms with Crippen LogP contribution < -0.4 is 5.32 Å². The van der Waals surface area contributed by atoms with Crippen LogP contribution >= 0.6 is 11.8 Å². The van der Waals surface area contributed by atoms with Crippen LogP contribution in [0.2, 0.25) is 0 Å². The van der Waals surface area contributed by atoms with Crippen molar-refractivity contribution in [2.24, 2.45) is 5.92 Å². The molecule has 1 heterocycles. The average Bonchev–Trinajstić information content (AvgIpc) is 1.96. The van der Waals surface area contributed by atoms with E-state index >= 15 is 0 Å². The van der Waals surface area contributed by atoms with E-state index in [0.717, 1.165) is 18.0 Å². The maximum atomic E-state index is 3.67. The summed E-state index contributed by atoms with van der Waals surface area (Å²) >= 11 is 2.05. The van der Waals surface area contributed by atoms with Crippen molar-refractivity contribution >= 4 is 11.8 Å². The Hall–Kier alpha value is 0.310. The van der Waals surface area contributed by atoms with E-state index in [1.54, 1.807) is 0 Å². The monoisotopic (exact) mass is 201 g/mol. The molecule has 1 saturated heterocycles. The van der Waals surface area contributed by atoms with E-state index in [9.17, 15) is 0 Å². The van der Waals surface area contributed by atoms with Crippen molar-refractivity contribution in [3.05, 3.63) is 0 Å². The van der Waals surface area contributed by atoms with Gasteiger partial charge in [0.25, 0.3) is 0 Å². The fourth-order valence-electron chi connectivity index (χ4n) is 1.65. The molecule has 1 fully saturated rings. The molecule has 0 amide bonds. The van der Waals surface area contributed by atoms with Gasteiger partial charge in [-0.1, -0.05) is 26.7 Å². The van der Waals surface area contributed by atoms with Gasteiger partial charge in [-0.15, -0.1) is 0 Å². The van der Waals surface area contributed by atoms with Crippen molar-refractivity contribution in [3.63, 3.8) is 0 Å². The molecular weight excluding hydrogens is 178 g/mol. The first-order chi connectivity index (χ1) is 6.18. The number of hydrogen-bond acceptors (Lipinski definition) is 2. The van der Waals surface area contributed by atoms with Crippen molar-refractivity contribution in [3.8, 4) is 0 Å². The van der Waals surface area contributed by atoms with Crippen LogP contribution in [0.3, 0.4) is 0 Å². The summed E-state index contributed by atoms with van der Waals surface area (Å²) in [7, 11) is 0. The minimum absolute atomic E-state index is 0.727. The first-order valence-corrected chi connectivity index (χ1v) is 6.67. The molecule has 0 aliphatic carbocycles. The summed E-state index contributed by atoms with van der Waals surface area (Å²) in [5, 5.41) is 3.67. The summed E-state index contributed by atoms with van der Waals surface area (Å²) in [4.78, 5) is 0. The Kier molecular flexibility index (Phi) is 5.18. The van der Waals surface area contributed by atoms with E-state index in [0.29, 0.717) is 0 Å². The zero-order valence-corrected chi connectivity index (χ0v) is 9.99. The number of thioether (sulfide) groups is 1. The van der Waals surface area contributed by atoms with Gasteiger partial charge in [-0.05, 0) is 19.3 Å². The molecule has 1 aliphatic heterocycles. The largest absolute Gasteiger partial charge is 0.310 e. The lowest BCUT2D eigenvalue weighted by Gasteiger charge is -2.29. The Bertz CT molecular complexity index is 132. The maximum Gasteiger partial charge on any atom is 0.0251 e. The van der Waals surface area contributed by atoms with Crippen molar-refractivity contribution in [2.75, 3.05) is 11.5 Å². The lowest BCUT2D eigenvalue weighted by Crippen LogP contribution is -2.44. The van der Waals surface area contributed by atoms with Crippen molar-refractivity contribution < 1.29 is 0 Å². The molecular formula is C11H23NS. The fourth-order valence-corrected chi connectivity index (χ4v) is 2.31. The highest BCUT2D eigenvalue weighted by Crippen LogP contribution is 2.18. The normalized spacial score (nSPS) is 20.3. The van der Waals surface area contributed by atoms with E-state index in [1.807, 2.05) is 0 Å². The van der Waals surface area contributed by atoms with Crippen LogP contribution in [0.15, 0.2) is 0 Å². The van der Waals surface area contributed by atoms with E-state index in [1.165, 1.54) is 30.8 Å². The third kappa shape index (κ3) is 4.92. The van der Waals surface area contributed by atoms with Crippen LogP contribution in [0, 0.1) is 5.92 Å². The van der Waals surface area contributed by atoms with Gasteiger partial charge in [-0.25, -0.2) is 0 Å². The van der Waals surface area contributed by atoms with Gasteiger partial charge in [0.15, 0.2) is 0 Å². The first kappa shape index (κ1) is 11.4. The second kappa shape index (κ2) is 5.92. The highest BCUT2D eigenvalue weighted by atomic mass is 32.2. The number of hydrogen-bond donors (Lipinski definition) is 1. The molecule has 0 bridgehead atoms. The summed E-state index contributed by atoms with van der Waals surface area (Å²) in [6.07, 6.45) is 4.11. The van der Waals surface area contributed by atoms with Crippen molar-refractivity contribution in [1.29, 1.82) is 0 Å². The Morgan fingerprint density at radius 1 is 1.23 bits per heavy atom. The summed E-state index contributed by atoms with van der Waals surface area (Å²) in [5.41, 5.74) is 0. The molecule has 0 aromatic heterocycles. The Morgan fingerprint density at radius 3 is 2.38 bits per heavy atom. The lowest BCUT2D eigenvalue weighted by atomic mass is 10.0. The molecule has 1 rings (SSSR count). The molecule has 0 spiro atoms. The first-order valence-electron chi connectivity index (χ1n) is 5.52. The predicted octanol–water partition coefficient (Wildman–Crippen LogP) is 2.91. The van der Waals surface area contributed by atoms with Crippen LogP contribution in [-0.2, 0) is 0 Å². The molecule has 1 nitrogen and oxygen atoms in total. The van der Waals surface area contributed by atoms with Gasteiger partial charge in [0.05, 0.1) is 0 Å². The second-order valence-electron chi connectivity index (χ2n) is 4.63. The zero-order chi connectivity index (χ0) is 9.68. The van der Waals surface area contributed by atoms with Crippen LogP contribution in [-0.4, -0.2) is 23.6 Å². The van der Waals surface area contributed by atoms with E-state index in [2.05, 4.69) is 37.8 Å². The lowest BCUT2D eigenvalue weighted by molar-refractivity contribution is 0.429. The molecule has 1 atom stereocenters. The van der Waals surface area contributed by atoms with Gasteiger partial charge in [-0.3, -0.25) is 0 Å². The third-order valence-electron chi connectivity index (χ3n) is 2.58. The molecule has 0 aromatic rings. The SMILES string of the molecule is CC(C)CCCC(C)NC1CSC1. The molecule has 2 heteroatoms. The molecule has 1 unspecified atom stereocenters. The van der Waals surface area contributed by atoms with Crippen LogP contribution in [0.5, 0.6) is 0 Å². The van der Waals surface area contributed by atoms with E-state index < -0.39 is 0 Å². The number of rotatable bonds is 6. The zero-order valence-electron chi connectivity index (χ0n) is 9.18. The van der Waals surface area contributed by atoms with Crippen molar-refractivity contribution in [2.45, 2.75) is 52.1 Å². The quantitative estimate of drug-likeness (QED) is 0.709. The predicted molar refractivity (Wildman–Crippen MR) is 62.4 cm³/mol. The highest BCUT2D eigenvalue weighted by Gasteiger charge is 2.19. The van der Waals surface area contributed by atoms with Crippen molar-refractivity contribution in [1.82, 2.24) is 5.32 Å². The summed E-state index contributed by atoms with van der Waals surface area (Å²) < 4.78 is 0. The Balaban J connectivity index is 1.93. The van der Waals surface area contributed by atoms with Gasteiger partial charge in [-0.2, -0.15) is 11.8 Å². The summed E-state index contributed by atoms with van der Waals surface area (Å²) in [5.74, 6) is 3.52. The van der Waals surface area contributed by atoms with Crippen LogP contribution in [0.1, 0.15) is 40.0 Å². The van der Waals surface area contributed by atoms with Gasteiger partial charge in [0.1, 0.15) is 0 Å². The topological polar surface area (TPSA) is 12.0 Å². The van der Waals surface area contributed by atoms with Gasteiger partial charge in [0, 0.05) is 23.6 Å². The minimum atomic E-state index is 0.727. The smallest absolute Gasteiger partial charge is 0.0251 e. The minimum Gasteiger partial charge on any atom is -0.310 e. The molecule has 0 saturated carbocycles. The fraction of sp³-hybridized carbons (Fsp3) is 1.00. The van der Waals surface area contributed by atoms with Crippen LogP contribution in [0.25, 0.3) is 0 Å². The van der Waals surface area contributed by atoms with E-state index in [-0.39, 0.29) is 0 Å². The van der Waals surface area contributed by atoms with Gasteiger partial charge in [0.2, 0.25) is 0 Å². The van der Waals surface area contributed by atoms with Gasteiger partial charge < -0.3 is 5.32 Å². The van der Waals surface area contributed by atoms with Crippen LogP contribution in [0.4, 0.5) is 0 Å². The molecule has 78 valence electrons. The van der Waals surface area contributed by atoms with Gasteiger partial charge >= 0.3 is 0 Å². The number of nitrogens with one attached hydrogen (secondary N) is 1. The summed E-state index contributed by atoms with van der Waals surface area (Å²) in [6.45, 7) is 6.94. The maximum absolute atomic E-state index is 3.67. The third-order valence-corrected chi connectivity index (χ3v) is 3.85. The standard InChI is InChI=1S/C11H23NS/c1-9(2)5-4-6-10(3)12-11-7-13-8-11/h9-12H,4-8H2,1-3H3. The highest BCUT2D eigenvalue weighted by molar-refractivity contribution is 8.00.